The Morgan fingerprint density at radius 2 is 1.51 bits per heavy atom. The molecule has 8 heteroatoms. The van der Waals surface area contributed by atoms with E-state index < -0.39 is 12.2 Å². The van der Waals surface area contributed by atoms with Gasteiger partial charge in [0.05, 0.1) is 6.61 Å². The largest absolute Gasteiger partial charge is 0.494 e. The van der Waals surface area contributed by atoms with Gasteiger partial charge in [-0.2, -0.15) is 0 Å². The third-order valence-electron chi connectivity index (χ3n) is 5.72. The summed E-state index contributed by atoms with van der Waals surface area (Å²) >= 11 is 0. The van der Waals surface area contributed by atoms with Crippen molar-refractivity contribution in [3.63, 3.8) is 0 Å². The molecule has 0 radical (unpaired) electrons. The van der Waals surface area contributed by atoms with Gasteiger partial charge in [-0.1, -0.05) is 68.3 Å². The topological polar surface area (TPSA) is 106 Å². The molecule has 2 aromatic carbocycles. The van der Waals surface area contributed by atoms with Gasteiger partial charge < -0.3 is 4.74 Å². The Hall–Kier alpha value is -3.30. The van der Waals surface area contributed by atoms with Gasteiger partial charge in [-0.05, 0) is 41.7 Å². The number of benzene rings is 2. The smallest absolute Gasteiger partial charge is 0.253 e. The molecule has 1 aliphatic rings. The third kappa shape index (κ3) is 7.60. The zero-order chi connectivity index (χ0) is 25.0. The van der Waals surface area contributed by atoms with Gasteiger partial charge in [-0.15, -0.1) is 0 Å². The average Bonchev–Trinajstić information content (AvgIpc) is 3.21. The lowest BCUT2D eigenvalue weighted by molar-refractivity contribution is -0.270. The van der Waals surface area contributed by atoms with Gasteiger partial charge in [-0.3, -0.25) is 25.0 Å². The molecule has 1 aliphatic heterocycles. The van der Waals surface area contributed by atoms with Crippen molar-refractivity contribution in [2.75, 3.05) is 13.2 Å². The minimum Gasteiger partial charge on any atom is -0.494 e. The van der Waals surface area contributed by atoms with Crippen LogP contribution in [0.1, 0.15) is 55.4 Å². The Morgan fingerprint density at radius 1 is 0.886 bits per heavy atom. The van der Waals surface area contributed by atoms with Crippen molar-refractivity contribution in [1.82, 2.24) is 4.90 Å². The van der Waals surface area contributed by atoms with E-state index in [9.17, 15) is 14.8 Å². The maximum atomic E-state index is 11.6. The summed E-state index contributed by atoms with van der Waals surface area (Å²) in [6, 6.07) is 14.8. The van der Waals surface area contributed by atoms with Crippen molar-refractivity contribution >= 4 is 17.9 Å². The highest BCUT2D eigenvalue weighted by molar-refractivity contribution is 6.12. The molecule has 0 aliphatic carbocycles. The number of rotatable bonds is 14. The summed E-state index contributed by atoms with van der Waals surface area (Å²) in [4.78, 5) is 33.6. The molecule has 0 spiro atoms. The lowest BCUT2D eigenvalue weighted by Crippen LogP contribution is -2.32. The highest BCUT2D eigenvalue weighted by Crippen LogP contribution is 2.27. The molecule has 8 nitrogen and oxygen atoms in total. The van der Waals surface area contributed by atoms with Crippen LogP contribution in [0.5, 0.6) is 5.75 Å². The molecule has 2 unspecified atom stereocenters. The predicted octanol–water partition coefficient (Wildman–Crippen LogP) is 5.02. The van der Waals surface area contributed by atoms with E-state index in [0.717, 1.165) is 46.6 Å². The van der Waals surface area contributed by atoms with Crippen LogP contribution >= 0.6 is 0 Å². The molecule has 2 aromatic rings. The van der Waals surface area contributed by atoms with Gasteiger partial charge >= 0.3 is 0 Å². The Kier molecular flexibility index (Phi) is 10.2. The molecular formula is C27H31NO7. The monoisotopic (exact) mass is 481 g/mol. The van der Waals surface area contributed by atoms with Crippen LogP contribution in [-0.2, 0) is 19.4 Å². The quantitative estimate of drug-likeness (QED) is 0.169. The van der Waals surface area contributed by atoms with Gasteiger partial charge in [0.15, 0.2) is 0 Å². The number of ether oxygens (including phenoxy) is 1. The van der Waals surface area contributed by atoms with Gasteiger partial charge in [-0.25, -0.2) is 9.78 Å². The first-order valence-electron chi connectivity index (χ1n) is 11.7. The zero-order valence-electron chi connectivity index (χ0n) is 19.7. The maximum absolute atomic E-state index is 11.6. The Bertz CT molecular complexity index is 997. The highest BCUT2D eigenvalue weighted by Gasteiger charge is 2.23. The van der Waals surface area contributed by atoms with Crippen molar-refractivity contribution in [3.05, 3.63) is 83.4 Å². The minimum absolute atomic E-state index is 0.136. The van der Waals surface area contributed by atoms with Gasteiger partial charge in [0, 0.05) is 18.7 Å². The third-order valence-corrected chi connectivity index (χ3v) is 5.72. The summed E-state index contributed by atoms with van der Waals surface area (Å²) in [6.07, 6.45) is 8.04. The van der Waals surface area contributed by atoms with Crippen LogP contribution in [0, 0.1) is 0 Å². The molecule has 0 fully saturated rings. The van der Waals surface area contributed by atoms with E-state index in [4.69, 9.17) is 14.9 Å². The molecule has 35 heavy (non-hydrogen) atoms. The number of nitrogens with zero attached hydrogens (tertiary/aromatic N) is 1. The maximum Gasteiger partial charge on any atom is 0.253 e. The molecule has 0 saturated heterocycles. The molecular weight excluding hydrogens is 450 g/mol. The van der Waals surface area contributed by atoms with Crippen LogP contribution in [0.25, 0.3) is 6.08 Å². The van der Waals surface area contributed by atoms with E-state index in [2.05, 4.69) is 11.8 Å². The number of carbonyl (C=O) groups is 2. The van der Waals surface area contributed by atoms with Crippen molar-refractivity contribution in [2.45, 2.75) is 44.8 Å². The van der Waals surface area contributed by atoms with E-state index in [1.165, 1.54) is 12.2 Å². The van der Waals surface area contributed by atoms with E-state index >= 15 is 0 Å². The number of carbonyl (C=O) groups excluding carboxylic acids is 2. The fourth-order valence-electron chi connectivity index (χ4n) is 3.69. The second-order valence-electron chi connectivity index (χ2n) is 8.23. The fraction of sp³-hybridized carbons (Fsp3) is 0.333. The summed E-state index contributed by atoms with van der Waals surface area (Å²) in [5, 5.41) is 18.7. The number of amides is 2. The summed E-state index contributed by atoms with van der Waals surface area (Å²) in [5.41, 5.74) is 2.37. The highest BCUT2D eigenvalue weighted by atomic mass is 17.1. The molecule has 2 amide bonds. The first kappa shape index (κ1) is 26.3. The van der Waals surface area contributed by atoms with E-state index in [1.807, 2.05) is 48.5 Å². The molecule has 3 rings (SSSR count). The second kappa shape index (κ2) is 13.6. The Morgan fingerprint density at radius 3 is 2.09 bits per heavy atom. The van der Waals surface area contributed by atoms with E-state index in [-0.39, 0.29) is 24.8 Å². The summed E-state index contributed by atoms with van der Waals surface area (Å²) < 4.78 is 5.73. The lowest BCUT2D eigenvalue weighted by atomic mass is 10.00. The van der Waals surface area contributed by atoms with Crippen molar-refractivity contribution < 1.29 is 34.6 Å². The van der Waals surface area contributed by atoms with Crippen LogP contribution in [0.3, 0.4) is 0 Å². The van der Waals surface area contributed by atoms with Crippen molar-refractivity contribution in [1.29, 1.82) is 0 Å². The Labute approximate surface area is 204 Å². The molecule has 0 bridgehead atoms. The van der Waals surface area contributed by atoms with Gasteiger partial charge in [0.25, 0.3) is 11.8 Å². The second-order valence-corrected chi connectivity index (χ2v) is 8.23. The van der Waals surface area contributed by atoms with Crippen LogP contribution in [-0.4, -0.2) is 46.5 Å². The standard InChI is InChI=1S/C27H31NO7/c1-2-3-4-19-33-23-13-10-22(11-14-23)27(35-32)21-8-5-20(6-9-21)7-12-24(34-31)17-18-28-25(29)15-16-26(28)30/h5-16,24,27,31-32H,2-4,17-19H2,1H3. The Balaban J connectivity index is 1.56. The summed E-state index contributed by atoms with van der Waals surface area (Å²) in [5.74, 6) is 0.0273. The number of hydrogen-bond acceptors (Lipinski definition) is 7. The van der Waals surface area contributed by atoms with Gasteiger partial charge in [0.2, 0.25) is 0 Å². The van der Waals surface area contributed by atoms with Crippen molar-refractivity contribution in [3.8, 4) is 5.75 Å². The van der Waals surface area contributed by atoms with Gasteiger partial charge in [0.1, 0.15) is 18.0 Å². The fourth-order valence-corrected chi connectivity index (χ4v) is 3.69. The summed E-state index contributed by atoms with van der Waals surface area (Å²) in [6.45, 7) is 2.96. The average molecular weight is 482 g/mol. The first-order chi connectivity index (χ1) is 17.0. The lowest BCUT2D eigenvalue weighted by Gasteiger charge is -2.16. The normalized spacial score (nSPS) is 15.2. The molecule has 2 N–H and O–H groups in total. The number of unbranched alkanes of at least 4 members (excludes halogenated alkanes) is 2. The molecule has 0 aromatic heterocycles. The molecule has 0 saturated carbocycles. The SMILES string of the molecule is CCCCCOc1ccc(C(OO)c2ccc(C=CC(CCN3C(=O)C=CC3=O)OO)cc2)cc1. The predicted molar refractivity (Wildman–Crippen MR) is 130 cm³/mol. The van der Waals surface area contributed by atoms with E-state index in [1.54, 1.807) is 12.2 Å². The minimum atomic E-state index is -0.688. The van der Waals surface area contributed by atoms with Crippen LogP contribution in [0.15, 0.2) is 66.8 Å². The first-order valence-corrected chi connectivity index (χ1v) is 11.7. The molecule has 186 valence electrons. The van der Waals surface area contributed by atoms with Crippen LogP contribution < -0.4 is 4.74 Å². The van der Waals surface area contributed by atoms with Crippen LogP contribution in [0.2, 0.25) is 0 Å². The number of hydrogen-bond donors (Lipinski definition) is 2. The molecule has 2 atom stereocenters. The number of imide groups is 1. The summed E-state index contributed by atoms with van der Waals surface area (Å²) in [7, 11) is 0. The molecule has 1 heterocycles. The van der Waals surface area contributed by atoms with Crippen LogP contribution in [0.4, 0.5) is 0 Å². The van der Waals surface area contributed by atoms with Crippen molar-refractivity contribution in [2.24, 2.45) is 0 Å². The zero-order valence-corrected chi connectivity index (χ0v) is 19.7. The van der Waals surface area contributed by atoms with E-state index in [0.29, 0.717) is 6.61 Å².